The smallest absolute Gasteiger partial charge is 0.328 e. The molecule has 1 N–H and O–H groups in total. The molecule has 2 aliphatic rings. The zero-order chi connectivity index (χ0) is 12.4. The Hall–Kier alpha value is -1.10. The lowest BCUT2D eigenvalue weighted by Gasteiger charge is -2.23. The highest BCUT2D eigenvalue weighted by Crippen LogP contribution is 2.23. The predicted molar refractivity (Wildman–Crippen MR) is 62.4 cm³/mol. The van der Waals surface area contributed by atoms with Gasteiger partial charge in [0.2, 0.25) is 5.91 Å². The Labute approximate surface area is 101 Å². The molecular formula is C12H20N2O3. The number of amides is 1. The monoisotopic (exact) mass is 240 g/mol. The summed E-state index contributed by atoms with van der Waals surface area (Å²) in [5, 5.41) is 3.32. The van der Waals surface area contributed by atoms with Crippen molar-refractivity contribution < 1.29 is 14.3 Å². The lowest BCUT2D eigenvalue weighted by molar-refractivity contribution is -0.152. The van der Waals surface area contributed by atoms with Crippen LogP contribution in [0.15, 0.2) is 0 Å². The maximum absolute atomic E-state index is 12.1. The molecule has 2 unspecified atom stereocenters. The van der Waals surface area contributed by atoms with Gasteiger partial charge in [-0.1, -0.05) is 0 Å². The number of carbonyl (C=O) groups excluding carboxylic acids is 2. The molecule has 0 aromatic carbocycles. The lowest BCUT2D eigenvalue weighted by Crippen LogP contribution is -2.45. The van der Waals surface area contributed by atoms with Gasteiger partial charge in [0.05, 0.1) is 12.6 Å². The van der Waals surface area contributed by atoms with Crippen LogP contribution in [0, 0.1) is 0 Å². The van der Waals surface area contributed by atoms with E-state index in [-0.39, 0.29) is 17.9 Å². The molecule has 1 saturated carbocycles. The van der Waals surface area contributed by atoms with Crippen LogP contribution in [-0.4, -0.2) is 48.1 Å². The Balaban J connectivity index is 1.89. The van der Waals surface area contributed by atoms with Crippen LogP contribution in [0.2, 0.25) is 0 Å². The van der Waals surface area contributed by atoms with Crippen molar-refractivity contribution in [2.75, 3.05) is 13.2 Å². The molecule has 5 nitrogen and oxygen atoms in total. The van der Waals surface area contributed by atoms with Crippen molar-refractivity contribution in [1.29, 1.82) is 0 Å². The van der Waals surface area contributed by atoms with E-state index >= 15 is 0 Å². The first-order valence-electron chi connectivity index (χ1n) is 6.36. The molecule has 0 aromatic heterocycles. The van der Waals surface area contributed by atoms with Crippen LogP contribution in [0.25, 0.3) is 0 Å². The fourth-order valence-corrected chi connectivity index (χ4v) is 2.17. The maximum Gasteiger partial charge on any atom is 0.328 e. The van der Waals surface area contributed by atoms with Crippen molar-refractivity contribution in [1.82, 2.24) is 10.2 Å². The van der Waals surface area contributed by atoms with Gasteiger partial charge in [-0.25, -0.2) is 4.79 Å². The summed E-state index contributed by atoms with van der Waals surface area (Å²) < 4.78 is 4.94. The van der Waals surface area contributed by atoms with Crippen molar-refractivity contribution >= 4 is 11.9 Å². The van der Waals surface area contributed by atoms with E-state index in [2.05, 4.69) is 5.32 Å². The van der Waals surface area contributed by atoms with E-state index in [0.29, 0.717) is 19.2 Å². The van der Waals surface area contributed by atoms with E-state index in [0.717, 1.165) is 19.3 Å². The third-order valence-electron chi connectivity index (χ3n) is 3.35. The van der Waals surface area contributed by atoms with Crippen LogP contribution >= 0.6 is 0 Å². The molecule has 0 radical (unpaired) electrons. The molecular weight excluding hydrogens is 220 g/mol. The summed E-state index contributed by atoms with van der Waals surface area (Å²) in [5.41, 5.74) is 0. The first-order chi connectivity index (χ1) is 8.13. The standard InChI is InChI=1S/C12H20N2O3/c1-3-17-12(16)8(2)14-7-6-10(11(14)15)13-9-4-5-9/h8-10,13H,3-7H2,1-2H3. The second-order valence-corrected chi connectivity index (χ2v) is 4.74. The van der Waals surface area contributed by atoms with Crippen molar-refractivity contribution in [3.05, 3.63) is 0 Å². The van der Waals surface area contributed by atoms with Crippen molar-refractivity contribution in [2.24, 2.45) is 0 Å². The topological polar surface area (TPSA) is 58.6 Å². The van der Waals surface area contributed by atoms with Gasteiger partial charge in [0.15, 0.2) is 0 Å². The molecule has 1 amide bonds. The first kappa shape index (κ1) is 12.4. The number of likely N-dealkylation sites (tertiary alicyclic amines) is 1. The SMILES string of the molecule is CCOC(=O)C(C)N1CCC(NC2CC2)C1=O. The molecule has 2 rings (SSSR count). The van der Waals surface area contributed by atoms with Gasteiger partial charge in [0, 0.05) is 12.6 Å². The Morgan fingerprint density at radius 1 is 1.53 bits per heavy atom. The molecule has 2 fully saturated rings. The van der Waals surface area contributed by atoms with Gasteiger partial charge in [-0.2, -0.15) is 0 Å². The molecule has 0 bridgehead atoms. The number of nitrogens with zero attached hydrogens (tertiary/aromatic N) is 1. The second kappa shape index (κ2) is 5.04. The molecule has 0 aromatic rings. The van der Waals surface area contributed by atoms with Gasteiger partial charge in [0.25, 0.3) is 0 Å². The third-order valence-corrected chi connectivity index (χ3v) is 3.35. The minimum atomic E-state index is -0.464. The van der Waals surface area contributed by atoms with Crippen molar-refractivity contribution in [3.8, 4) is 0 Å². The zero-order valence-corrected chi connectivity index (χ0v) is 10.4. The van der Waals surface area contributed by atoms with Gasteiger partial charge in [-0.15, -0.1) is 0 Å². The minimum absolute atomic E-state index is 0.0393. The predicted octanol–water partition coefficient (Wildman–Crippen LogP) is 0.291. The van der Waals surface area contributed by atoms with Crippen LogP contribution in [-0.2, 0) is 14.3 Å². The van der Waals surface area contributed by atoms with Crippen LogP contribution in [0.5, 0.6) is 0 Å². The molecule has 0 spiro atoms. The number of esters is 1. The van der Waals surface area contributed by atoms with E-state index in [1.807, 2.05) is 0 Å². The summed E-state index contributed by atoms with van der Waals surface area (Å²) in [5.74, 6) is -0.273. The van der Waals surface area contributed by atoms with Crippen LogP contribution in [0.3, 0.4) is 0 Å². The Kier molecular flexibility index (Phi) is 3.66. The van der Waals surface area contributed by atoms with E-state index < -0.39 is 6.04 Å². The fourth-order valence-electron chi connectivity index (χ4n) is 2.17. The fraction of sp³-hybridized carbons (Fsp3) is 0.833. The van der Waals surface area contributed by atoms with Gasteiger partial charge < -0.3 is 15.0 Å². The molecule has 17 heavy (non-hydrogen) atoms. The number of ether oxygens (including phenoxy) is 1. The Morgan fingerprint density at radius 2 is 2.24 bits per heavy atom. The van der Waals surface area contributed by atoms with E-state index in [4.69, 9.17) is 4.74 Å². The van der Waals surface area contributed by atoms with Crippen LogP contribution < -0.4 is 5.32 Å². The van der Waals surface area contributed by atoms with Gasteiger partial charge in [-0.3, -0.25) is 4.79 Å². The highest BCUT2D eigenvalue weighted by Gasteiger charge is 2.39. The van der Waals surface area contributed by atoms with Crippen molar-refractivity contribution in [2.45, 2.75) is 51.2 Å². The van der Waals surface area contributed by atoms with Gasteiger partial charge >= 0.3 is 5.97 Å². The Morgan fingerprint density at radius 3 is 2.82 bits per heavy atom. The van der Waals surface area contributed by atoms with Gasteiger partial charge in [-0.05, 0) is 33.1 Å². The molecule has 1 heterocycles. The third kappa shape index (κ3) is 2.77. The maximum atomic E-state index is 12.1. The summed E-state index contributed by atoms with van der Waals surface area (Å²) in [6.07, 6.45) is 3.12. The van der Waals surface area contributed by atoms with Gasteiger partial charge in [0.1, 0.15) is 6.04 Å². The number of hydrogen-bond acceptors (Lipinski definition) is 4. The molecule has 2 atom stereocenters. The molecule has 96 valence electrons. The number of hydrogen-bond donors (Lipinski definition) is 1. The quantitative estimate of drug-likeness (QED) is 0.702. The molecule has 1 saturated heterocycles. The highest BCUT2D eigenvalue weighted by atomic mass is 16.5. The molecule has 5 heteroatoms. The number of rotatable bonds is 5. The van der Waals surface area contributed by atoms with Crippen LogP contribution in [0.1, 0.15) is 33.1 Å². The van der Waals surface area contributed by atoms with Crippen molar-refractivity contribution in [3.63, 3.8) is 0 Å². The summed E-state index contributed by atoms with van der Waals surface area (Å²) >= 11 is 0. The summed E-state index contributed by atoms with van der Waals surface area (Å²) in [6.45, 7) is 4.50. The summed E-state index contributed by atoms with van der Waals surface area (Å²) in [6, 6.07) is -0.0466. The van der Waals surface area contributed by atoms with E-state index in [9.17, 15) is 9.59 Å². The zero-order valence-electron chi connectivity index (χ0n) is 10.4. The average molecular weight is 240 g/mol. The highest BCUT2D eigenvalue weighted by molar-refractivity contribution is 5.89. The minimum Gasteiger partial charge on any atom is -0.464 e. The number of carbonyl (C=O) groups is 2. The second-order valence-electron chi connectivity index (χ2n) is 4.74. The van der Waals surface area contributed by atoms with Crippen LogP contribution in [0.4, 0.5) is 0 Å². The summed E-state index contributed by atoms with van der Waals surface area (Å²) in [7, 11) is 0. The normalized spacial score (nSPS) is 26.1. The first-order valence-corrected chi connectivity index (χ1v) is 6.36. The largest absolute Gasteiger partial charge is 0.464 e. The molecule has 1 aliphatic heterocycles. The van der Waals surface area contributed by atoms with E-state index in [1.165, 1.54) is 0 Å². The molecule has 1 aliphatic carbocycles. The Bertz CT molecular complexity index is 315. The average Bonchev–Trinajstić information content (AvgIpc) is 3.04. The van der Waals surface area contributed by atoms with E-state index in [1.54, 1.807) is 18.7 Å². The number of nitrogens with one attached hydrogen (secondary N) is 1. The summed E-state index contributed by atoms with van der Waals surface area (Å²) in [4.78, 5) is 25.3. The lowest BCUT2D eigenvalue weighted by atomic mass is 10.2.